The zero-order chi connectivity index (χ0) is 19.9. The molecule has 0 aromatic heterocycles. The molecule has 0 saturated heterocycles. The van der Waals surface area contributed by atoms with Crippen molar-refractivity contribution in [1.29, 1.82) is 0 Å². The highest BCUT2D eigenvalue weighted by atomic mass is 35.5. The molecule has 1 saturated carbocycles. The van der Waals surface area contributed by atoms with E-state index in [9.17, 15) is 9.59 Å². The number of benzene rings is 1. The number of hydrogen-bond acceptors (Lipinski definition) is 3. The fraction of sp³-hybridized carbons (Fsp3) is 0.565. The van der Waals surface area contributed by atoms with E-state index >= 15 is 0 Å². The summed E-state index contributed by atoms with van der Waals surface area (Å²) in [6.07, 6.45) is 13.4. The average molecular weight is 403 g/mol. The standard InChI is InChI=1S/C23H31ClN2O2/c1-17-13-15-19(16-14-17)26-22(27)20(24)21(23(26)28)25-18-11-9-7-5-3-2-4-6-8-10-12-18/h13-16,18,25H,2-12H2,1H3. The number of rotatable bonds is 3. The number of nitrogens with zero attached hydrogens (tertiary/aromatic N) is 1. The van der Waals surface area contributed by atoms with Crippen molar-refractivity contribution < 1.29 is 9.59 Å². The van der Waals surface area contributed by atoms with E-state index in [0.29, 0.717) is 5.69 Å². The monoisotopic (exact) mass is 402 g/mol. The Morgan fingerprint density at radius 3 is 1.86 bits per heavy atom. The number of amides is 2. The molecule has 1 aliphatic carbocycles. The minimum Gasteiger partial charge on any atom is -0.376 e. The lowest BCUT2D eigenvalue weighted by atomic mass is 9.98. The second kappa shape index (κ2) is 10.1. The highest BCUT2D eigenvalue weighted by Gasteiger charge is 2.39. The van der Waals surface area contributed by atoms with Crippen molar-refractivity contribution in [3.63, 3.8) is 0 Å². The summed E-state index contributed by atoms with van der Waals surface area (Å²) in [6, 6.07) is 7.55. The van der Waals surface area contributed by atoms with E-state index in [-0.39, 0.29) is 22.7 Å². The number of halogens is 1. The third kappa shape index (κ3) is 5.16. The summed E-state index contributed by atoms with van der Waals surface area (Å²) in [5, 5.41) is 3.36. The van der Waals surface area contributed by atoms with Gasteiger partial charge >= 0.3 is 0 Å². The molecule has 1 heterocycles. The number of carbonyl (C=O) groups is 2. The van der Waals surface area contributed by atoms with Crippen molar-refractivity contribution in [2.24, 2.45) is 0 Å². The quantitative estimate of drug-likeness (QED) is 0.671. The Kier molecular flexibility index (Phi) is 7.55. The summed E-state index contributed by atoms with van der Waals surface area (Å²) in [4.78, 5) is 26.8. The first-order chi connectivity index (χ1) is 13.6. The third-order valence-corrected chi connectivity index (χ3v) is 6.12. The molecule has 0 atom stereocenters. The highest BCUT2D eigenvalue weighted by Crippen LogP contribution is 2.29. The van der Waals surface area contributed by atoms with Gasteiger partial charge in [-0.15, -0.1) is 0 Å². The van der Waals surface area contributed by atoms with Gasteiger partial charge in [-0.05, 0) is 31.9 Å². The van der Waals surface area contributed by atoms with E-state index in [1.165, 1.54) is 49.8 Å². The van der Waals surface area contributed by atoms with Gasteiger partial charge in [-0.25, -0.2) is 4.90 Å². The van der Waals surface area contributed by atoms with E-state index in [1.807, 2.05) is 19.1 Å². The van der Waals surface area contributed by atoms with Gasteiger partial charge in [0.1, 0.15) is 10.7 Å². The molecule has 0 radical (unpaired) electrons. The molecule has 2 aliphatic rings. The maximum atomic E-state index is 13.0. The Hall–Kier alpha value is -1.81. The van der Waals surface area contributed by atoms with Crippen LogP contribution in [0, 0.1) is 6.92 Å². The van der Waals surface area contributed by atoms with E-state index < -0.39 is 5.91 Å². The number of carbonyl (C=O) groups excluding carboxylic acids is 2. The normalized spacial score (nSPS) is 20.9. The molecule has 2 amide bonds. The molecule has 4 nitrogen and oxygen atoms in total. The average Bonchev–Trinajstić information content (AvgIpc) is 2.88. The maximum absolute atomic E-state index is 13.0. The molecule has 5 heteroatoms. The molecular weight excluding hydrogens is 372 g/mol. The van der Waals surface area contributed by atoms with Gasteiger partial charge in [0.05, 0.1) is 5.69 Å². The Bertz CT molecular complexity index is 715. The lowest BCUT2D eigenvalue weighted by Crippen LogP contribution is -2.36. The molecular formula is C23H31ClN2O2. The van der Waals surface area contributed by atoms with Crippen LogP contribution in [0.15, 0.2) is 35.0 Å². The van der Waals surface area contributed by atoms with E-state index in [0.717, 1.165) is 31.2 Å². The topological polar surface area (TPSA) is 49.4 Å². The van der Waals surface area contributed by atoms with Gasteiger partial charge < -0.3 is 5.32 Å². The van der Waals surface area contributed by atoms with Gasteiger partial charge in [-0.3, -0.25) is 9.59 Å². The fourth-order valence-corrected chi connectivity index (χ4v) is 4.29. The van der Waals surface area contributed by atoms with E-state index in [2.05, 4.69) is 5.32 Å². The van der Waals surface area contributed by atoms with Crippen LogP contribution in [0.4, 0.5) is 5.69 Å². The van der Waals surface area contributed by atoms with Gasteiger partial charge in [0.15, 0.2) is 0 Å². The number of anilines is 1. The molecule has 1 aromatic rings. The first-order valence-corrected chi connectivity index (χ1v) is 11.1. The molecule has 152 valence electrons. The molecule has 28 heavy (non-hydrogen) atoms. The molecule has 0 spiro atoms. The van der Waals surface area contributed by atoms with Crippen LogP contribution in [0.3, 0.4) is 0 Å². The highest BCUT2D eigenvalue weighted by molar-refractivity contribution is 6.52. The van der Waals surface area contributed by atoms with Gasteiger partial charge in [-0.1, -0.05) is 87.1 Å². The summed E-state index contributed by atoms with van der Waals surface area (Å²) < 4.78 is 0. The number of imide groups is 1. The second-order valence-electron chi connectivity index (χ2n) is 8.07. The minimum absolute atomic E-state index is 0.0108. The van der Waals surface area contributed by atoms with Crippen LogP contribution in [0.25, 0.3) is 0 Å². The van der Waals surface area contributed by atoms with Crippen LogP contribution < -0.4 is 10.2 Å². The third-order valence-electron chi connectivity index (χ3n) is 5.77. The predicted molar refractivity (Wildman–Crippen MR) is 114 cm³/mol. The zero-order valence-corrected chi connectivity index (χ0v) is 17.6. The summed E-state index contributed by atoms with van der Waals surface area (Å²) in [5.74, 6) is -0.781. The fourth-order valence-electron chi connectivity index (χ4n) is 4.07. The number of aryl methyl sites for hydroxylation is 1. The first kappa shape index (κ1) is 20.9. The SMILES string of the molecule is Cc1ccc(N2C(=O)C(Cl)=C(NC3CCCCCCCCCCC3)C2=O)cc1. The molecule has 0 bridgehead atoms. The van der Waals surface area contributed by atoms with Gasteiger partial charge in [-0.2, -0.15) is 0 Å². The number of hydrogen-bond donors (Lipinski definition) is 1. The zero-order valence-electron chi connectivity index (χ0n) is 16.8. The van der Waals surface area contributed by atoms with Crippen molar-refractivity contribution in [2.45, 2.75) is 83.6 Å². The van der Waals surface area contributed by atoms with E-state index in [4.69, 9.17) is 11.6 Å². The van der Waals surface area contributed by atoms with Crippen LogP contribution in [0.5, 0.6) is 0 Å². The van der Waals surface area contributed by atoms with Crippen molar-refractivity contribution in [3.05, 3.63) is 40.6 Å². The van der Waals surface area contributed by atoms with E-state index in [1.54, 1.807) is 12.1 Å². The largest absolute Gasteiger partial charge is 0.376 e. The van der Waals surface area contributed by atoms with Crippen molar-refractivity contribution >= 4 is 29.1 Å². The van der Waals surface area contributed by atoms with Gasteiger partial charge in [0.25, 0.3) is 11.8 Å². The van der Waals surface area contributed by atoms with Crippen molar-refractivity contribution in [3.8, 4) is 0 Å². The molecule has 3 rings (SSSR count). The molecule has 1 aliphatic heterocycles. The molecule has 1 aromatic carbocycles. The number of nitrogens with one attached hydrogen (secondary N) is 1. The first-order valence-electron chi connectivity index (χ1n) is 10.7. The smallest absolute Gasteiger partial charge is 0.283 e. The molecule has 1 N–H and O–H groups in total. The summed E-state index contributed by atoms with van der Waals surface area (Å²) in [7, 11) is 0. The van der Waals surface area contributed by atoms with Crippen LogP contribution in [-0.4, -0.2) is 17.9 Å². The Morgan fingerprint density at radius 1 is 0.821 bits per heavy atom. The maximum Gasteiger partial charge on any atom is 0.283 e. The summed E-state index contributed by atoms with van der Waals surface area (Å²) >= 11 is 6.30. The lowest BCUT2D eigenvalue weighted by Gasteiger charge is -2.21. The lowest BCUT2D eigenvalue weighted by molar-refractivity contribution is -0.120. The van der Waals surface area contributed by atoms with Crippen molar-refractivity contribution in [2.75, 3.05) is 4.90 Å². The summed E-state index contributed by atoms with van der Waals surface area (Å²) in [5.41, 5.74) is 1.91. The van der Waals surface area contributed by atoms with Crippen LogP contribution >= 0.6 is 11.6 Å². The van der Waals surface area contributed by atoms with Gasteiger partial charge in [0.2, 0.25) is 0 Å². The van der Waals surface area contributed by atoms with Crippen LogP contribution in [-0.2, 0) is 9.59 Å². The Labute approximate surface area is 173 Å². The second-order valence-corrected chi connectivity index (χ2v) is 8.45. The van der Waals surface area contributed by atoms with Crippen molar-refractivity contribution in [1.82, 2.24) is 5.32 Å². The van der Waals surface area contributed by atoms with Crippen LogP contribution in [0.2, 0.25) is 0 Å². The predicted octanol–water partition coefficient (Wildman–Crippen LogP) is 5.58. The Morgan fingerprint density at radius 2 is 1.32 bits per heavy atom. The molecule has 0 unspecified atom stereocenters. The van der Waals surface area contributed by atoms with Gasteiger partial charge in [0, 0.05) is 6.04 Å². The minimum atomic E-state index is -0.439. The Balaban J connectivity index is 1.69. The summed E-state index contributed by atoms with van der Waals surface area (Å²) in [6.45, 7) is 1.97. The molecule has 1 fully saturated rings. The van der Waals surface area contributed by atoms with Crippen LogP contribution in [0.1, 0.15) is 76.2 Å².